The van der Waals surface area contributed by atoms with Gasteiger partial charge in [-0.15, -0.1) is 0 Å². The van der Waals surface area contributed by atoms with Crippen molar-refractivity contribution in [2.45, 2.75) is 90.2 Å². The van der Waals surface area contributed by atoms with Gasteiger partial charge in [0, 0.05) is 25.0 Å². The van der Waals surface area contributed by atoms with E-state index in [-0.39, 0.29) is 17.9 Å². The first-order valence-electron chi connectivity index (χ1n) is 11.8. The summed E-state index contributed by atoms with van der Waals surface area (Å²) in [6, 6.07) is 0.687. The van der Waals surface area contributed by atoms with Gasteiger partial charge in [-0.3, -0.25) is 4.79 Å². The maximum atomic E-state index is 12.7. The first-order valence-corrected chi connectivity index (χ1v) is 11.8. The van der Waals surface area contributed by atoms with Crippen LogP contribution in [0.4, 0.5) is 4.79 Å². The number of carbonyl (C=O) groups is 2. The summed E-state index contributed by atoms with van der Waals surface area (Å²) in [5.41, 5.74) is -0.465. The summed E-state index contributed by atoms with van der Waals surface area (Å²) in [5, 5.41) is 6.17. The van der Waals surface area contributed by atoms with Gasteiger partial charge >= 0.3 is 6.09 Å². The van der Waals surface area contributed by atoms with E-state index >= 15 is 0 Å². The minimum Gasteiger partial charge on any atom is -0.444 e. The highest BCUT2D eigenvalue weighted by Gasteiger charge is 2.34. The molecule has 0 spiro atoms. The van der Waals surface area contributed by atoms with Crippen LogP contribution >= 0.6 is 0 Å². The van der Waals surface area contributed by atoms with Gasteiger partial charge in [0.25, 0.3) is 0 Å². The third kappa shape index (κ3) is 6.87. The molecule has 2 N–H and O–H groups in total. The maximum Gasteiger partial charge on any atom is 0.407 e. The lowest BCUT2D eigenvalue weighted by molar-refractivity contribution is -0.126. The van der Waals surface area contributed by atoms with Crippen molar-refractivity contribution in [1.82, 2.24) is 15.5 Å². The number of carbonyl (C=O) groups excluding carboxylic acids is 2. The molecule has 0 aromatic carbocycles. The molecule has 2 aliphatic heterocycles. The van der Waals surface area contributed by atoms with Crippen LogP contribution in [0, 0.1) is 17.8 Å². The molecular weight excluding hydrogens is 366 g/mol. The Bertz CT molecular complexity index is 550. The Kier molecular flexibility index (Phi) is 7.83. The summed E-state index contributed by atoms with van der Waals surface area (Å²) in [5.74, 6) is 1.46. The van der Waals surface area contributed by atoms with E-state index in [1.807, 2.05) is 20.8 Å². The molecule has 6 heteroatoms. The van der Waals surface area contributed by atoms with Crippen LogP contribution < -0.4 is 10.6 Å². The Morgan fingerprint density at radius 2 is 1.62 bits per heavy atom. The number of ether oxygens (including phenoxy) is 1. The smallest absolute Gasteiger partial charge is 0.407 e. The maximum absolute atomic E-state index is 12.7. The molecule has 166 valence electrons. The lowest BCUT2D eigenvalue weighted by Crippen LogP contribution is -2.51. The van der Waals surface area contributed by atoms with Crippen molar-refractivity contribution in [3.63, 3.8) is 0 Å². The van der Waals surface area contributed by atoms with Crippen LogP contribution in [0.25, 0.3) is 0 Å². The number of piperidine rings is 2. The largest absolute Gasteiger partial charge is 0.444 e. The molecule has 2 heterocycles. The summed E-state index contributed by atoms with van der Waals surface area (Å²) in [6.45, 7) is 9.59. The summed E-state index contributed by atoms with van der Waals surface area (Å²) in [6.07, 6.45) is 9.99. The Hall–Kier alpha value is -1.30. The van der Waals surface area contributed by atoms with Crippen LogP contribution in [0.3, 0.4) is 0 Å². The van der Waals surface area contributed by atoms with Gasteiger partial charge in [-0.2, -0.15) is 0 Å². The Morgan fingerprint density at radius 1 is 0.897 bits per heavy atom. The van der Waals surface area contributed by atoms with Crippen molar-refractivity contribution in [3.8, 4) is 0 Å². The standard InChI is InChI=1S/C23H41N3O3/c1-23(2,3)29-22(28)25-15-17-9-11-18(12-10-17)21(27)24-16-19-7-6-14-26-13-5-4-8-20(19)26/h17-20H,4-16H2,1-3H3,(H,24,27)(H,25,28). The second kappa shape index (κ2) is 10.1. The van der Waals surface area contributed by atoms with E-state index in [9.17, 15) is 9.59 Å². The van der Waals surface area contributed by atoms with Gasteiger partial charge in [0.05, 0.1) is 0 Å². The summed E-state index contributed by atoms with van der Waals surface area (Å²) in [4.78, 5) is 27.2. The molecule has 0 aromatic rings. The average Bonchev–Trinajstić information content (AvgIpc) is 2.69. The van der Waals surface area contributed by atoms with Crippen LogP contribution in [0.15, 0.2) is 0 Å². The molecule has 6 nitrogen and oxygen atoms in total. The van der Waals surface area contributed by atoms with Crippen LogP contribution in [-0.4, -0.2) is 54.7 Å². The number of nitrogens with zero attached hydrogens (tertiary/aromatic N) is 1. The minimum absolute atomic E-state index is 0.138. The van der Waals surface area contributed by atoms with Gasteiger partial charge in [0.1, 0.15) is 5.60 Å². The Labute approximate surface area is 176 Å². The average molecular weight is 408 g/mol. The molecule has 0 bridgehead atoms. The summed E-state index contributed by atoms with van der Waals surface area (Å²) < 4.78 is 5.30. The van der Waals surface area contributed by atoms with E-state index < -0.39 is 5.60 Å². The van der Waals surface area contributed by atoms with Crippen molar-refractivity contribution in [3.05, 3.63) is 0 Å². The number of amides is 2. The summed E-state index contributed by atoms with van der Waals surface area (Å²) >= 11 is 0. The second-order valence-corrected chi connectivity index (χ2v) is 10.3. The van der Waals surface area contributed by atoms with Crippen LogP contribution in [-0.2, 0) is 9.53 Å². The number of rotatable bonds is 5. The minimum atomic E-state index is -0.465. The van der Waals surface area contributed by atoms with Gasteiger partial charge in [0.15, 0.2) is 0 Å². The first-order chi connectivity index (χ1) is 13.8. The topological polar surface area (TPSA) is 70.7 Å². The summed E-state index contributed by atoms with van der Waals surface area (Å²) in [7, 11) is 0. The van der Waals surface area contributed by atoms with Gasteiger partial charge in [-0.05, 0) is 97.1 Å². The predicted octanol–water partition coefficient (Wildman–Crippen LogP) is 3.70. The van der Waals surface area contributed by atoms with E-state index in [0.717, 1.165) is 32.2 Å². The van der Waals surface area contributed by atoms with Crippen LogP contribution in [0.1, 0.15) is 78.6 Å². The van der Waals surface area contributed by atoms with E-state index in [2.05, 4.69) is 15.5 Å². The molecule has 2 saturated heterocycles. The van der Waals surface area contributed by atoms with Crippen LogP contribution in [0.2, 0.25) is 0 Å². The fraction of sp³-hybridized carbons (Fsp3) is 0.913. The SMILES string of the molecule is CC(C)(C)OC(=O)NCC1CCC(C(=O)NCC2CCCN3CCCCC23)CC1. The second-order valence-electron chi connectivity index (χ2n) is 10.3. The molecular formula is C23H41N3O3. The molecule has 29 heavy (non-hydrogen) atoms. The molecule has 1 aliphatic carbocycles. The zero-order valence-corrected chi connectivity index (χ0v) is 18.7. The Morgan fingerprint density at radius 3 is 2.34 bits per heavy atom. The van der Waals surface area contributed by atoms with E-state index in [0.29, 0.717) is 24.4 Å². The van der Waals surface area contributed by atoms with Gasteiger partial charge < -0.3 is 20.3 Å². The number of nitrogens with one attached hydrogen (secondary N) is 2. The molecule has 1 saturated carbocycles. The molecule has 2 unspecified atom stereocenters. The first kappa shape index (κ1) is 22.4. The van der Waals surface area contributed by atoms with Crippen molar-refractivity contribution >= 4 is 12.0 Å². The van der Waals surface area contributed by atoms with Crippen molar-refractivity contribution in [1.29, 1.82) is 0 Å². The zero-order chi connectivity index (χ0) is 20.9. The molecule has 0 aromatic heterocycles. The Balaban J connectivity index is 1.34. The van der Waals surface area contributed by atoms with E-state index in [1.54, 1.807) is 0 Å². The third-order valence-electron chi connectivity index (χ3n) is 6.92. The van der Waals surface area contributed by atoms with E-state index in [4.69, 9.17) is 4.74 Å². The predicted molar refractivity (Wildman–Crippen MR) is 115 cm³/mol. The fourth-order valence-corrected chi connectivity index (χ4v) is 5.36. The van der Waals surface area contributed by atoms with E-state index in [1.165, 1.54) is 45.2 Å². The van der Waals surface area contributed by atoms with Gasteiger partial charge in [-0.1, -0.05) is 6.42 Å². The fourth-order valence-electron chi connectivity index (χ4n) is 5.36. The number of hydrogen-bond donors (Lipinski definition) is 2. The third-order valence-corrected chi connectivity index (χ3v) is 6.92. The monoisotopic (exact) mass is 407 g/mol. The number of hydrogen-bond acceptors (Lipinski definition) is 4. The number of fused-ring (bicyclic) bond motifs is 1. The van der Waals surface area contributed by atoms with Crippen molar-refractivity contribution in [2.24, 2.45) is 17.8 Å². The van der Waals surface area contributed by atoms with Crippen LogP contribution in [0.5, 0.6) is 0 Å². The lowest BCUT2D eigenvalue weighted by atomic mass is 9.81. The molecule has 3 rings (SSSR count). The normalized spacial score (nSPS) is 30.9. The highest BCUT2D eigenvalue weighted by atomic mass is 16.6. The molecule has 3 fully saturated rings. The highest BCUT2D eigenvalue weighted by molar-refractivity contribution is 5.78. The quantitative estimate of drug-likeness (QED) is 0.729. The van der Waals surface area contributed by atoms with Gasteiger partial charge in [-0.25, -0.2) is 4.79 Å². The molecule has 0 radical (unpaired) electrons. The van der Waals surface area contributed by atoms with Crippen molar-refractivity contribution < 1.29 is 14.3 Å². The van der Waals surface area contributed by atoms with Crippen molar-refractivity contribution in [2.75, 3.05) is 26.2 Å². The zero-order valence-electron chi connectivity index (χ0n) is 18.7. The lowest BCUT2D eigenvalue weighted by Gasteiger charge is -2.44. The molecule has 2 atom stereocenters. The number of alkyl carbamates (subject to hydrolysis) is 1. The highest BCUT2D eigenvalue weighted by Crippen LogP contribution is 2.31. The van der Waals surface area contributed by atoms with Gasteiger partial charge in [0.2, 0.25) is 5.91 Å². The molecule has 3 aliphatic rings. The molecule has 2 amide bonds.